The normalized spacial score (nSPS) is 11.3. The second-order valence-electron chi connectivity index (χ2n) is 7.55. The molecule has 0 saturated heterocycles. The Labute approximate surface area is 181 Å². The van der Waals surface area contributed by atoms with Gasteiger partial charge in [0.25, 0.3) is 5.56 Å². The van der Waals surface area contributed by atoms with Crippen LogP contribution < -0.4 is 5.56 Å². The first-order valence-corrected chi connectivity index (χ1v) is 10.0. The van der Waals surface area contributed by atoms with Gasteiger partial charge in [-0.1, -0.05) is 36.4 Å². The zero-order valence-electron chi connectivity index (χ0n) is 17.1. The summed E-state index contributed by atoms with van der Waals surface area (Å²) in [5.41, 5.74) is 2.63. The van der Waals surface area contributed by atoms with Gasteiger partial charge in [-0.05, 0) is 43.3 Å². The minimum atomic E-state index is -1.01. The van der Waals surface area contributed by atoms with Crippen LogP contribution in [0.2, 0.25) is 0 Å². The second kappa shape index (κ2) is 7.46. The van der Waals surface area contributed by atoms with E-state index in [-0.39, 0.29) is 12.1 Å². The lowest BCUT2D eigenvalue weighted by molar-refractivity contribution is -0.137. The van der Waals surface area contributed by atoms with Gasteiger partial charge >= 0.3 is 5.97 Å². The first-order chi connectivity index (χ1) is 15.5. The van der Waals surface area contributed by atoms with Gasteiger partial charge in [-0.25, -0.2) is 4.39 Å². The average Bonchev–Trinajstić information content (AvgIpc) is 3.05. The van der Waals surface area contributed by atoms with Gasteiger partial charge in [0.1, 0.15) is 18.1 Å². The number of fused-ring (bicyclic) bond motifs is 2. The molecule has 158 valence electrons. The first kappa shape index (κ1) is 19.7. The van der Waals surface area contributed by atoms with Crippen molar-refractivity contribution in [3.05, 3.63) is 94.7 Å². The minimum absolute atomic E-state index is 0.270. The van der Waals surface area contributed by atoms with E-state index in [0.717, 1.165) is 0 Å². The van der Waals surface area contributed by atoms with Crippen LogP contribution in [0.4, 0.5) is 4.39 Å². The van der Waals surface area contributed by atoms with Crippen LogP contribution in [0.25, 0.3) is 38.6 Å². The van der Waals surface area contributed by atoms with Crippen molar-refractivity contribution >= 4 is 27.6 Å². The highest BCUT2D eigenvalue weighted by Gasteiger charge is 2.22. The second-order valence-corrected chi connectivity index (χ2v) is 7.55. The van der Waals surface area contributed by atoms with Crippen molar-refractivity contribution in [1.29, 1.82) is 0 Å². The number of hydrogen-bond donors (Lipinski definition) is 1. The molecule has 0 aliphatic rings. The van der Waals surface area contributed by atoms with Gasteiger partial charge in [-0.3, -0.25) is 9.59 Å². The van der Waals surface area contributed by atoms with E-state index in [1.54, 1.807) is 47.9 Å². The summed E-state index contributed by atoms with van der Waals surface area (Å²) in [5, 5.41) is 15.8. The summed E-state index contributed by atoms with van der Waals surface area (Å²) in [5.74, 6) is -1.44. The molecule has 5 aromatic rings. The van der Waals surface area contributed by atoms with E-state index in [9.17, 15) is 19.1 Å². The van der Waals surface area contributed by atoms with Gasteiger partial charge in [0, 0.05) is 27.5 Å². The Hall–Kier alpha value is -4.26. The van der Waals surface area contributed by atoms with Crippen molar-refractivity contribution in [2.75, 3.05) is 0 Å². The molecule has 0 saturated carbocycles. The number of carbonyl (C=O) groups is 1. The summed E-state index contributed by atoms with van der Waals surface area (Å²) >= 11 is 0. The van der Waals surface area contributed by atoms with Gasteiger partial charge in [0.2, 0.25) is 0 Å². The minimum Gasteiger partial charge on any atom is -0.480 e. The van der Waals surface area contributed by atoms with E-state index in [2.05, 4.69) is 0 Å². The van der Waals surface area contributed by atoms with Crippen molar-refractivity contribution in [2.45, 2.75) is 13.5 Å². The van der Waals surface area contributed by atoms with Crippen LogP contribution in [0.15, 0.2) is 77.6 Å². The van der Waals surface area contributed by atoms with Crippen molar-refractivity contribution in [3.8, 4) is 16.9 Å². The Bertz CT molecular complexity index is 1570. The number of benzene rings is 3. The number of hydrogen-bond acceptors (Lipinski definition) is 3. The summed E-state index contributed by atoms with van der Waals surface area (Å²) in [6.07, 6.45) is 0. The molecule has 3 aromatic carbocycles. The Morgan fingerprint density at radius 1 is 0.969 bits per heavy atom. The van der Waals surface area contributed by atoms with Crippen molar-refractivity contribution in [3.63, 3.8) is 0 Å². The third-order valence-electron chi connectivity index (χ3n) is 5.62. The van der Waals surface area contributed by atoms with Gasteiger partial charge in [0.15, 0.2) is 0 Å². The highest BCUT2D eigenvalue weighted by molar-refractivity contribution is 6.05. The molecular weight excluding hydrogens is 409 g/mol. The van der Waals surface area contributed by atoms with Crippen LogP contribution in [0.1, 0.15) is 5.69 Å². The maximum absolute atomic E-state index is 14.3. The molecule has 0 bridgehead atoms. The third-order valence-corrected chi connectivity index (χ3v) is 5.62. The molecule has 0 amide bonds. The predicted octanol–water partition coefficient (Wildman–Crippen LogP) is 4.54. The highest BCUT2D eigenvalue weighted by Crippen LogP contribution is 2.37. The van der Waals surface area contributed by atoms with Crippen LogP contribution in [0.5, 0.6) is 0 Å². The van der Waals surface area contributed by atoms with Crippen molar-refractivity contribution in [2.24, 2.45) is 0 Å². The molecule has 0 aliphatic carbocycles. The average molecular weight is 427 g/mol. The topological polar surface area (TPSA) is 77.1 Å². The molecule has 5 rings (SSSR count). The standard InChI is InChI=1S/C25H18FN3O3/c1-15-23(20-13-16(26)11-12-21(20)28(15)14-22(30)31)24-18-9-5-6-10-19(18)25(32)29(27-24)17-7-3-2-4-8-17/h2-13H,14H2,1H3,(H,30,31). The Morgan fingerprint density at radius 3 is 2.38 bits per heavy atom. The molecule has 2 heterocycles. The van der Waals surface area contributed by atoms with E-state index >= 15 is 0 Å². The largest absolute Gasteiger partial charge is 0.480 e. The Kier molecular flexibility index (Phi) is 4.59. The number of aliphatic carboxylic acids is 1. The number of aromatic nitrogens is 3. The fourth-order valence-electron chi connectivity index (χ4n) is 4.21. The highest BCUT2D eigenvalue weighted by atomic mass is 19.1. The molecule has 2 aromatic heterocycles. The van der Waals surface area contributed by atoms with Crippen LogP contribution in [-0.2, 0) is 11.3 Å². The lowest BCUT2D eigenvalue weighted by Gasteiger charge is -2.12. The molecule has 0 fully saturated rings. The molecule has 7 heteroatoms. The van der Waals surface area contributed by atoms with Crippen LogP contribution >= 0.6 is 0 Å². The summed E-state index contributed by atoms with van der Waals surface area (Å²) in [4.78, 5) is 24.7. The van der Waals surface area contributed by atoms with E-state index in [4.69, 9.17) is 5.10 Å². The van der Waals surface area contributed by atoms with Crippen LogP contribution in [-0.4, -0.2) is 25.4 Å². The molecular formula is C25H18FN3O3. The van der Waals surface area contributed by atoms with Crippen molar-refractivity contribution in [1.82, 2.24) is 14.3 Å². The summed E-state index contributed by atoms with van der Waals surface area (Å²) < 4.78 is 17.2. The number of para-hydroxylation sites is 1. The molecule has 0 unspecified atom stereocenters. The van der Waals surface area contributed by atoms with Crippen molar-refractivity contribution < 1.29 is 14.3 Å². The van der Waals surface area contributed by atoms with Gasteiger partial charge < -0.3 is 9.67 Å². The zero-order valence-corrected chi connectivity index (χ0v) is 17.1. The zero-order chi connectivity index (χ0) is 22.4. The van der Waals surface area contributed by atoms with E-state index in [0.29, 0.717) is 44.3 Å². The SMILES string of the molecule is Cc1c(-c2nn(-c3ccccc3)c(=O)c3ccccc23)c2cc(F)ccc2n1CC(=O)O. The Morgan fingerprint density at radius 2 is 1.66 bits per heavy atom. The maximum atomic E-state index is 14.3. The van der Waals surface area contributed by atoms with Gasteiger partial charge in [-0.15, -0.1) is 0 Å². The number of halogens is 1. The summed E-state index contributed by atoms with van der Waals surface area (Å²) in [6.45, 7) is 1.51. The van der Waals surface area contributed by atoms with E-state index in [1.165, 1.54) is 16.8 Å². The number of rotatable bonds is 4. The van der Waals surface area contributed by atoms with Gasteiger partial charge in [-0.2, -0.15) is 9.78 Å². The monoisotopic (exact) mass is 427 g/mol. The summed E-state index contributed by atoms with van der Waals surface area (Å²) in [7, 11) is 0. The number of carboxylic acid groups (broad SMARTS) is 1. The number of nitrogens with zero attached hydrogens (tertiary/aromatic N) is 3. The van der Waals surface area contributed by atoms with Crippen LogP contribution in [0.3, 0.4) is 0 Å². The number of carboxylic acids is 1. The smallest absolute Gasteiger partial charge is 0.323 e. The fourth-order valence-corrected chi connectivity index (χ4v) is 4.21. The molecule has 0 atom stereocenters. The first-order valence-electron chi connectivity index (χ1n) is 10.0. The third kappa shape index (κ3) is 3.06. The maximum Gasteiger partial charge on any atom is 0.323 e. The van der Waals surface area contributed by atoms with E-state index < -0.39 is 11.8 Å². The lowest BCUT2D eigenvalue weighted by atomic mass is 10.0. The van der Waals surface area contributed by atoms with Gasteiger partial charge in [0.05, 0.1) is 11.1 Å². The van der Waals surface area contributed by atoms with E-state index in [1.807, 2.05) is 24.3 Å². The lowest BCUT2D eigenvalue weighted by Crippen LogP contribution is -2.22. The Balaban J connectivity index is 1.93. The molecule has 32 heavy (non-hydrogen) atoms. The summed E-state index contributed by atoms with van der Waals surface area (Å²) in [6, 6.07) is 20.4. The molecule has 6 nitrogen and oxygen atoms in total. The molecule has 0 spiro atoms. The predicted molar refractivity (Wildman–Crippen MR) is 121 cm³/mol. The molecule has 0 aliphatic heterocycles. The quantitative estimate of drug-likeness (QED) is 0.457. The van der Waals surface area contributed by atoms with Crippen LogP contribution in [0, 0.1) is 12.7 Å². The molecule has 0 radical (unpaired) electrons. The fraction of sp³-hybridized carbons (Fsp3) is 0.0800. The molecule has 1 N–H and O–H groups in total.